The number of rotatable bonds is 7. The summed E-state index contributed by atoms with van der Waals surface area (Å²) >= 11 is 0. The van der Waals surface area contributed by atoms with Gasteiger partial charge in [0.25, 0.3) is 5.91 Å². The first kappa shape index (κ1) is 21.1. The van der Waals surface area contributed by atoms with Crippen LogP contribution < -0.4 is 10.3 Å². The zero-order chi connectivity index (χ0) is 22.4. The van der Waals surface area contributed by atoms with Crippen LogP contribution in [0.5, 0.6) is 0 Å². The number of hydrogen-bond acceptors (Lipinski definition) is 6. The van der Waals surface area contributed by atoms with Gasteiger partial charge < -0.3 is 5.32 Å². The molecule has 0 spiro atoms. The largest absolute Gasteiger partial charge is 0.322 e. The average Bonchev–Trinajstić information content (AvgIpc) is 3.34. The highest BCUT2D eigenvalue weighted by molar-refractivity contribution is 6.07. The number of benzene rings is 1. The third-order valence-electron chi connectivity index (χ3n) is 5.82. The van der Waals surface area contributed by atoms with Gasteiger partial charge in [0, 0.05) is 24.3 Å². The third-order valence-corrected chi connectivity index (χ3v) is 5.82. The summed E-state index contributed by atoms with van der Waals surface area (Å²) in [5.74, 6) is -0.233. The first-order chi connectivity index (χ1) is 15.6. The van der Waals surface area contributed by atoms with Gasteiger partial charge in [-0.05, 0) is 60.4 Å². The van der Waals surface area contributed by atoms with Crippen LogP contribution in [0, 0.1) is 16.2 Å². The van der Waals surface area contributed by atoms with Crippen LogP contribution in [-0.4, -0.2) is 15.9 Å². The molecule has 1 aromatic carbocycles. The zero-order valence-electron chi connectivity index (χ0n) is 17.4. The number of amides is 1. The van der Waals surface area contributed by atoms with Gasteiger partial charge in [0.15, 0.2) is 5.82 Å². The van der Waals surface area contributed by atoms with Crippen molar-refractivity contribution in [1.82, 2.24) is 9.97 Å². The molecule has 0 radical (unpaired) electrons. The van der Waals surface area contributed by atoms with Crippen LogP contribution in [0.1, 0.15) is 47.2 Å². The molecule has 0 bridgehead atoms. The fourth-order valence-electron chi connectivity index (χ4n) is 4.10. The lowest BCUT2D eigenvalue weighted by atomic mass is 9.80. The van der Waals surface area contributed by atoms with Crippen molar-refractivity contribution in [2.45, 2.75) is 37.6 Å². The van der Waals surface area contributed by atoms with E-state index >= 15 is 0 Å². The number of pyridine rings is 2. The van der Waals surface area contributed by atoms with E-state index in [1.165, 1.54) is 6.20 Å². The van der Waals surface area contributed by atoms with E-state index in [0.29, 0.717) is 5.69 Å². The summed E-state index contributed by atoms with van der Waals surface area (Å²) < 4.78 is 0. The number of nitriles is 1. The van der Waals surface area contributed by atoms with Crippen LogP contribution in [0.25, 0.3) is 0 Å². The highest BCUT2D eigenvalue weighted by Gasteiger charge is 2.35. The van der Waals surface area contributed by atoms with E-state index in [1.54, 1.807) is 48.8 Å². The van der Waals surface area contributed by atoms with E-state index in [9.17, 15) is 15.0 Å². The lowest BCUT2D eigenvalue weighted by Crippen LogP contribution is -2.22. The second-order valence-corrected chi connectivity index (χ2v) is 7.80. The molecule has 32 heavy (non-hydrogen) atoms. The second-order valence-electron chi connectivity index (χ2n) is 7.80. The van der Waals surface area contributed by atoms with E-state index in [1.807, 2.05) is 12.1 Å². The van der Waals surface area contributed by atoms with Crippen LogP contribution in [-0.2, 0) is 12.0 Å². The quantitative estimate of drug-likeness (QED) is 0.431. The summed E-state index contributed by atoms with van der Waals surface area (Å²) in [4.78, 5) is 32.7. The fraction of sp³-hybridized carbons (Fsp3) is 0.250. The Morgan fingerprint density at radius 2 is 1.81 bits per heavy atom. The van der Waals surface area contributed by atoms with Crippen molar-refractivity contribution in [3.05, 3.63) is 88.7 Å². The Kier molecular flexibility index (Phi) is 6.17. The molecule has 4 rings (SSSR count). The first-order valence-corrected chi connectivity index (χ1v) is 10.4. The van der Waals surface area contributed by atoms with Crippen LogP contribution in [0.2, 0.25) is 0 Å². The minimum Gasteiger partial charge on any atom is -0.322 e. The highest BCUT2D eigenvalue weighted by Crippen LogP contribution is 2.40. The Hall–Kier alpha value is -4.12. The molecule has 2 heterocycles. The second kappa shape index (κ2) is 9.35. The van der Waals surface area contributed by atoms with Gasteiger partial charge in [0.1, 0.15) is 0 Å². The van der Waals surface area contributed by atoms with Crippen molar-refractivity contribution in [2.24, 2.45) is 5.29 Å². The van der Waals surface area contributed by atoms with Gasteiger partial charge in [-0.2, -0.15) is 5.26 Å². The molecule has 8 nitrogen and oxygen atoms in total. The molecule has 1 N–H and O–H groups in total. The SMILES string of the molecule is N#CC1(c2ccc(NC(=O)c3cccnc3N(Cc3ccncc3)N=O)cc2)CCCC1. The van der Waals surface area contributed by atoms with Crippen molar-refractivity contribution in [3.63, 3.8) is 0 Å². The Labute approximate surface area is 185 Å². The van der Waals surface area contributed by atoms with Gasteiger partial charge in [-0.1, -0.05) is 25.0 Å². The minimum absolute atomic E-state index is 0.161. The standard InChI is InChI=1S/C24H22N6O2/c25-17-24(11-1-2-12-24)19-5-7-20(8-6-19)28-23(31)21-4-3-13-27-22(21)30(29-32)16-18-9-14-26-15-10-18/h3-10,13-15H,1-2,11-12,16H2,(H,28,31). The van der Waals surface area contributed by atoms with Gasteiger partial charge in [0.05, 0.1) is 28.9 Å². The number of carbonyl (C=O) groups is 1. The molecule has 0 saturated heterocycles. The van der Waals surface area contributed by atoms with Crippen LogP contribution in [0.15, 0.2) is 72.4 Å². The molecule has 0 atom stereocenters. The van der Waals surface area contributed by atoms with E-state index in [0.717, 1.165) is 41.8 Å². The van der Waals surface area contributed by atoms with Crippen LogP contribution in [0.4, 0.5) is 11.5 Å². The molecular weight excluding hydrogens is 404 g/mol. The smallest absolute Gasteiger partial charge is 0.259 e. The summed E-state index contributed by atoms with van der Waals surface area (Å²) in [5.41, 5.74) is 2.19. The molecule has 1 saturated carbocycles. The number of carbonyl (C=O) groups excluding carboxylic acids is 1. The number of anilines is 2. The predicted octanol–water partition coefficient (Wildman–Crippen LogP) is 4.75. The summed E-state index contributed by atoms with van der Waals surface area (Å²) in [6, 6.07) is 16.6. The summed E-state index contributed by atoms with van der Waals surface area (Å²) in [6.07, 6.45) is 8.58. The number of nitroso groups, excluding NO2 is 1. The van der Waals surface area contributed by atoms with Crippen molar-refractivity contribution in [2.75, 3.05) is 10.3 Å². The van der Waals surface area contributed by atoms with Gasteiger partial charge in [-0.15, -0.1) is 4.91 Å². The molecule has 3 aromatic rings. The maximum atomic E-state index is 13.0. The van der Waals surface area contributed by atoms with E-state index in [4.69, 9.17) is 0 Å². The van der Waals surface area contributed by atoms with Crippen molar-refractivity contribution in [3.8, 4) is 6.07 Å². The van der Waals surface area contributed by atoms with E-state index in [2.05, 4.69) is 26.6 Å². The first-order valence-electron chi connectivity index (χ1n) is 10.4. The number of hydrogen-bond donors (Lipinski definition) is 1. The Morgan fingerprint density at radius 3 is 2.47 bits per heavy atom. The zero-order valence-corrected chi connectivity index (χ0v) is 17.4. The van der Waals surface area contributed by atoms with E-state index in [-0.39, 0.29) is 17.9 Å². The van der Waals surface area contributed by atoms with Crippen LogP contribution in [0.3, 0.4) is 0 Å². The number of aromatic nitrogens is 2. The van der Waals surface area contributed by atoms with Gasteiger partial charge in [-0.3, -0.25) is 9.78 Å². The molecular formula is C24H22N6O2. The minimum atomic E-state index is -0.428. The Morgan fingerprint density at radius 1 is 1.09 bits per heavy atom. The maximum absolute atomic E-state index is 13.0. The monoisotopic (exact) mass is 426 g/mol. The van der Waals surface area contributed by atoms with Gasteiger partial charge in [0.2, 0.25) is 0 Å². The molecule has 160 valence electrons. The lowest BCUT2D eigenvalue weighted by molar-refractivity contribution is 0.102. The molecule has 1 aliphatic rings. The fourth-order valence-corrected chi connectivity index (χ4v) is 4.10. The molecule has 1 aliphatic carbocycles. The number of nitrogens with one attached hydrogen (secondary N) is 1. The van der Waals surface area contributed by atoms with Crippen molar-refractivity contribution >= 4 is 17.4 Å². The Bertz CT molecular complexity index is 1140. The summed E-state index contributed by atoms with van der Waals surface area (Å²) in [6.45, 7) is 0.161. The molecule has 1 amide bonds. The van der Waals surface area contributed by atoms with Gasteiger partial charge >= 0.3 is 0 Å². The average molecular weight is 426 g/mol. The normalized spacial score (nSPS) is 14.3. The highest BCUT2D eigenvalue weighted by atomic mass is 16.3. The molecule has 0 unspecified atom stereocenters. The molecule has 0 aliphatic heterocycles. The Balaban J connectivity index is 1.53. The lowest BCUT2D eigenvalue weighted by Gasteiger charge is -2.21. The third kappa shape index (κ3) is 4.32. The topological polar surface area (TPSA) is 111 Å². The summed E-state index contributed by atoms with van der Waals surface area (Å²) in [7, 11) is 0. The van der Waals surface area contributed by atoms with Gasteiger partial charge in [-0.25, -0.2) is 9.99 Å². The summed E-state index contributed by atoms with van der Waals surface area (Å²) in [5, 5.41) is 16.7. The van der Waals surface area contributed by atoms with Crippen molar-refractivity contribution in [1.29, 1.82) is 5.26 Å². The van der Waals surface area contributed by atoms with Crippen molar-refractivity contribution < 1.29 is 4.79 Å². The molecule has 1 fully saturated rings. The maximum Gasteiger partial charge on any atom is 0.259 e. The van der Waals surface area contributed by atoms with Crippen LogP contribution >= 0.6 is 0 Å². The molecule has 2 aromatic heterocycles. The molecule has 8 heteroatoms. The van der Waals surface area contributed by atoms with E-state index < -0.39 is 11.3 Å². The number of nitrogens with zero attached hydrogens (tertiary/aromatic N) is 5. The predicted molar refractivity (Wildman–Crippen MR) is 121 cm³/mol.